The number of methoxy groups -OCH3 is 1. The molecule has 0 aliphatic heterocycles. The van der Waals surface area contributed by atoms with Crippen LogP contribution in [0.4, 0.5) is 0 Å². The van der Waals surface area contributed by atoms with Gasteiger partial charge in [0, 0.05) is 24.5 Å². The van der Waals surface area contributed by atoms with E-state index in [4.69, 9.17) is 9.47 Å². The van der Waals surface area contributed by atoms with Crippen LogP contribution in [0.2, 0.25) is 0 Å². The molecule has 114 valence electrons. The number of alkyl halides is 1. The van der Waals surface area contributed by atoms with Gasteiger partial charge in [0.15, 0.2) is 0 Å². The zero-order valence-corrected chi connectivity index (χ0v) is 14.4. The van der Waals surface area contributed by atoms with Gasteiger partial charge in [-0.3, -0.25) is 4.90 Å². The molecule has 0 unspecified atom stereocenters. The molecule has 20 heavy (non-hydrogen) atoms. The summed E-state index contributed by atoms with van der Waals surface area (Å²) in [6.45, 7) is 7.25. The molecule has 1 aromatic carbocycles. The lowest BCUT2D eigenvalue weighted by Crippen LogP contribution is -2.38. The van der Waals surface area contributed by atoms with E-state index in [0.717, 1.165) is 36.5 Å². The molecule has 1 aromatic rings. The molecule has 0 saturated carbocycles. The number of halogens is 1. The minimum atomic E-state index is 0.645. The molecule has 3 nitrogen and oxygen atoms in total. The molecule has 0 radical (unpaired) electrons. The van der Waals surface area contributed by atoms with Gasteiger partial charge in [-0.05, 0) is 37.1 Å². The Morgan fingerprint density at radius 2 is 1.65 bits per heavy atom. The summed E-state index contributed by atoms with van der Waals surface area (Å²) in [5.41, 5.74) is 0. The Hall–Kier alpha value is -0.740. The normalized spacial score (nSPS) is 11.1. The molecule has 0 aromatic heterocycles. The first-order chi connectivity index (χ1) is 9.74. The Labute approximate surface area is 131 Å². The van der Waals surface area contributed by atoms with Gasteiger partial charge in [-0.25, -0.2) is 0 Å². The second-order valence-corrected chi connectivity index (χ2v) is 5.51. The molecule has 0 spiro atoms. The Morgan fingerprint density at radius 3 is 2.15 bits per heavy atom. The molecule has 0 atom stereocenters. The van der Waals surface area contributed by atoms with Crippen molar-refractivity contribution < 1.29 is 9.47 Å². The van der Waals surface area contributed by atoms with Crippen LogP contribution in [0.25, 0.3) is 0 Å². The van der Waals surface area contributed by atoms with Crippen LogP contribution in [0, 0.1) is 0 Å². The van der Waals surface area contributed by atoms with Crippen LogP contribution >= 0.6 is 15.9 Å². The summed E-state index contributed by atoms with van der Waals surface area (Å²) in [6, 6.07) is 8.39. The van der Waals surface area contributed by atoms with Crippen molar-refractivity contribution in [1.82, 2.24) is 4.90 Å². The number of hydrogen-bond acceptors (Lipinski definition) is 3. The van der Waals surface area contributed by atoms with Gasteiger partial charge in [-0.2, -0.15) is 0 Å². The van der Waals surface area contributed by atoms with Crippen molar-refractivity contribution in [2.24, 2.45) is 0 Å². The highest BCUT2D eigenvalue weighted by Crippen LogP contribution is 2.17. The van der Waals surface area contributed by atoms with E-state index in [0.29, 0.717) is 6.04 Å². The Kier molecular flexibility index (Phi) is 8.70. The fourth-order valence-electron chi connectivity index (χ4n) is 2.34. The van der Waals surface area contributed by atoms with Crippen LogP contribution in [0.1, 0.15) is 26.7 Å². The lowest BCUT2D eigenvalue weighted by atomic mass is 10.1. The summed E-state index contributed by atoms with van der Waals surface area (Å²) < 4.78 is 10.9. The molecule has 0 bridgehead atoms. The van der Waals surface area contributed by atoms with Crippen LogP contribution in [0.3, 0.4) is 0 Å². The molecule has 0 fully saturated rings. The minimum Gasteiger partial charge on any atom is -0.497 e. The van der Waals surface area contributed by atoms with Crippen LogP contribution in [-0.4, -0.2) is 43.1 Å². The molecule has 4 heteroatoms. The van der Waals surface area contributed by atoms with E-state index in [1.54, 1.807) is 7.11 Å². The van der Waals surface area contributed by atoms with E-state index in [-0.39, 0.29) is 0 Å². The number of nitrogens with zero attached hydrogens (tertiary/aromatic N) is 1. The smallest absolute Gasteiger partial charge is 0.119 e. The van der Waals surface area contributed by atoms with Crippen LogP contribution in [0.5, 0.6) is 11.5 Å². The van der Waals surface area contributed by atoms with E-state index in [1.807, 2.05) is 24.3 Å². The zero-order chi connectivity index (χ0) is 14.8. The van der Waals surface area contributed by atoms with Crippen LogP contribution in [-0.2, 0) is 0 Å². The minimum absolute atomic E-state index is 0.645. The SMILES string of the molecule is CCC(CC)N(CCBr)CCOc1ccc(OC)cc1. The molecule has 0 heterocycles. The number of benzene rings is 1. The maximum atomic E-state index is 5.81. The second kappa shape index (κ2) is 10.1. The van der Waals surface area contributed by atoms with Gasteiger partial charge < -0.3 is 9.47 Å². The average Bonchev–Trinajstić information content (AvgIpc) is 2.49. The van der Waals surface area contributed by atoms with Gasteiger partial charge in [0.05, 0.1) is 7.11 Å². The molecule has 0 amide bonds. The Morgan fingerprint density at radius 1 is 1.05 bits per heavy atom. The van der Waals surface area contributed by atoms with E-state index in [2.05, 4.69) is 34.7 Å². The van der Waals surface area contributed by atoms with Crippen molar-refractivity contribution in [3.05, 3.63) is 24.3 Å². The first-order valence-electron chi connectivity index (χ1n) is 7.32. The fourth-order valence-corrected chi connectivity index (χ4v) is 2.80. The predicted octanol–water partition coefficient (Wildman–Crippen LogP) is 3.96. The van der Waals surface area contributed by atoms with Gasteiger partial charge in [0.1, 0.15) is 18.1 Å². The maximum absolute atomic E-state index is 5.81. The highest BCUT2D eigenvalue weighted by atomic mass is 79.9. The quantitative estimate of drug-likeness (QED) is 0.600. The second-order valence-electron chi connectivity index (χ2n) is 4.72. The predicted molar refractivity (Wildman–Crippen MR) is 88.2 cm³/mol. The third-order valence-corrected chi connectivity index (χ3v) is 3.89. The third-order valence-electron chi connectivity index (χ3n) is 3.54. The number of ether oxygens (including phenoxy) is 2. The third kappa shape index (κ3) is 5.71. The largest absolute Gasteiger partial charge is 0.497 e. The van der Waals surface area contributed by atoms with E-state index in [1.165, 1.54) is 12.8 Å². The van der Waals surface area contributed by atoms with E-state index in [9.17, 15) is 0 Å². The van der Waals surface area contributed by atoms with Crippen molar-refractivity contribution in [3.8, 4) is 11.5 Å². The van der Waals surface area contributed by atoms with Gasteiger partial charge in [0.2, 0.25) is 0 Å². The molecule has 0 aliphatic rings. The zero-order valence-electron chi connectivity index (χ0n) is 12.8. The summed E-state index contributed by atoms with van der Waals surface area (Å²) in [5.74, 6) is 1.75. The highest BCUT2D eigenvalue weighted by molar-refractivity contribution is 9.09. The molecule has 0 saturated heterocycles. The summed E-state index contributed by atoms with van der Waals surface area (Å²) >= 11 is 3.53. The van der Waals surface area contributed by atoms with Crippen molar-refractivity contribution >= 4 is 15.9 Å². The van der Waals surface area contributed by atoms with Crippen molar-refractivity contribution in [3.63, 3.8) is 0 Å². The van der Waals surface area contributed by atoms with Crippen molar-refractivity contribution in [2.75, 3.05) is 32.1 Å². The van der Waals surface area contributed by atoms with Crippen LogP contribution in [0.15, 0.2) is 24.3 Å². The molecule has 0 N–H and O–H groups in total. The number of hydrogen-bond donors (Lipinski definition) is 0. The van der Waals surface area contributed by atoms with Gasteiger partial charge in [-0.1, -0.05) is 29.8 Å². The summed E-state index contributed by atoms with van der Waals surface area (Å²) in [7, 11) is 1.67. The van der Waals surface area contributed by atoms with Gasteiger partial charge >= 0.3 is 0 Å². The average molecular weight is 344 g/mol. The Balaban J connectivity index is 2.42. The van der Waals surface area contributed by atoms with Gasteiger partial charge in [-0.15, -0.1) is 0 Å². The lowest BCUT2D eigenvalue weighted by Gasteiger charge is -2.29. The summed E-state index contributed by atoms with van der Waals surface area (Å²) in [6.07, 6.45) is 2.37. The topological polar surface area (TPSA) is 21.7 Å². The molecular formula is C16H26BrNO2. The Bertz CT molecular complexity index is 352. The first-order valence-corrected chi connectivity index (χ1v) is 8.44. The molecule has 0 aliphatic carbocycles. The van der Waals surface area contributed by atoms with E-state index < -0.39 is 0 Å². The summed E-state index contributed by atoms with van der Waals surface area (Å²) in [5, 5.41) is 1.01. The number of rotatable bonds is 10. The van der Waals surface area contributed by atoms with Crippen LogP contribution < -0.4 is 9.47 Å². The standard InChI is InChI=1S/C16H26BrNO2/c1-4-14(5-2)18(11-10-17)12-13-20-16-8-6-15(19-3)7-9-16/h6-9,14H,4-5,10-13H2,1-3H3. The first kappa shape index (κ1) is 17.3. The highest BCUT2D eigenvalue weighted by Gasteiger charge is 2.14. The maximum Gasteiger partial charge on any atom is 0.119 e. The van der Waals surface area contributed by atoms with Crippen molar-refractivity contribution in [1.29, 1.82) is 0 Å². The lowest BCUT2D eigenvalue weighted by molar-refractivity contribution is 0.160. The molecular weight excluding hydrogens is 318 g/mol. The summed E-state index contributed by atoms with van der Waals surface area (Å²) in [4.78, 5) is 2.50. The van der Waals surface area contributed by atoms with Crippen molar-refractivity contribution in [2.45, 2.75) is 32.7 Å². The van der Waals surface area contributed by atoms with E-state index >= 15 is 0 Å². The molecule has 1 rings (SSSR count). The fraction of sp³-hybridized carbons (Fsp3) is 0.625. The monoisotopic (exact) mass is 343 g/mol. The van der Waals surface area contributed by atoms with Gasteiger partial charge in [0.25, 0.3) is 0 Å².